The number of hydrogen-bond donors (Lipinski definition) is 3. The molecule has 2 amide bonds. The fourth-order valence-corrected chi connectivity index (χ4v) is 3.45. The highest BCUT2D eigenvalue weighted by molar-refractivity contribution is 6.39. The van der Waals surface area contributed by atoms with E-state index >= 15 is 0 Å². The van der Waals surface area contributed by atoms with Gasteiger partial charge in [0.25, 0.3) is 0 Å². The molecule has 3 N–H and O–H groups in total. The number of aromatic nitrogens is 2. The molecule has 0 radical (unpaired) electrons. The summed E-state index contributed by atoms with van der Waals surface area (Å²) in [6.07, 6.45) is 1.26. The third-order valence-electron chi connectivity index (χ3n) is 4.81. The number of fused-ring (bicyclic) bond motifs is 1. The maximum absolute atomic E-state index is 12.5. The van der Waals surface area contributed by atoms with Gasteiger partial charge in [-0.25, -0.2) is 4.79 Å². The van der Waals surface area contributed by atoms with E-state index in [1.807, 2.05) is 12.1 Å². The van der Waals surface area contributed by atoms with E-state index in [0.717, 1.165) is 5.75 Å². The van der Waals surface area contributed by atoms with Gasteiger partial charge in [-0.3, -0.25) is 9.59 Å². The van der Waals surface area contributed by atoms with Gasteiger partial charge in [-0.15, -0.1) is 0 Å². The first-order chi connectivity index (χ1) is 14.0. The molecule has 29 heavy (non-hydrogen) atoms. The minimum Gasteiger partial charge on any atom is -0.490 e. The van der Waals surface area contributed by atoms with Crippen molar-refractivity contribution in [1.82, 2.24) is 14.9 Å². The molecule has 1 fully saturated rings. The van der Waals surface area contributed by atoms with Crippen LogP contribution in [0.3, 0.4) is 0 Å². The molecule has 1 saturated heterocycles. The number of aromatic amines is 2. The van der Waals surface area contributed by atoms with Gasteiger partial charge in [0.05, 0.1) is 11.0 Å². The largest absolute Gasteiger partial charge is 0.490 e. The van der Waals surface area contributed by atoms with Crippen LogP contribution in [0.5, 0.6) is 5.75 Å². The van der Waals surface area contributed by atoms with Crippen LogP contribution in [0.15, 0.2) is 47.3 Å². The van der Waals surface area contributed by atoms with E-state index in [1.165, 1.54) is 4.90 Å². The number of hydrogen-bond acceptors (Lipinski definition) is 4. The van der Waals surface area contributed by atoms with E-state index in [2.05, 4.69) is 15.3 Å². The molecule has 0 atom stereocenters. The van der Waals surface area contributed by atoms with Crippen LogP contribution in [0.25, 0.3) is 11.0 Å². The molecule has 0 aliphatic carbocycles. The summed E-state index contributed by atoms with van der Waals surface area (Å²) in [5.74, 6) is -0.563. The summed E-state index contributed by atoms with van der Waals surface area (Å²) < 4.78 is 5.91. The number of carbonyl (C=O) groups is 2. The van der Waals surface area contributed by atoms with Crippen molar-refractivity contribution in [2.45, 2.75) is 18.9 Å². The van der Waals surface area contributed by atoms with Crippen LogP contribution >= 0.6 is 11.6 Å². The summed E-state index contributed by atoms with van der Waals surface area (Å²) in [7, 11) is 0. The number of ether oxygens (including phenoxy) is 1. The molecule has 150 valence electrons. The fraction of sp³-hybridized carbons (Fsp3) is 0.250. The number of rotatable bonds is 3. The molecule has 8 nitrogen and oxygen atoms in total. The van der Waals surface area contributed by atoms with Gasteiger partial charge in [-0.05, 0) is 42.5 Å². The normalized spacial score (nSPS) is 14.7. The molecule has 1 aliphatic rings. The summed E-state index contributed by atoms with van der Waals surface area (Å²) >= 11 is 5.87. The Balaban J connectivity index is 1.31. The zero-order valence-electron chi connectivity index (χ0n) is 15.4. The van der Waals surface area contributed by atoms with E-state index < -0.39 is 11.8 Å². The summed E-state index contributed by atoms with van der Waals surface area (Å²) in [6.45, 7) is 0.878. The number of amides is 2. The Hall–Kier alpha value is -3.26. The standard InChI is InChI=1S/C20H19ClN4O4/c21-12-1-4-14(5-2-12)29-15-7-9-25(10-8-15)19(27)18(26)22-13-3-6-16-17(11-13)24-20(28)23-16/h1-6,11,15H,7-10H2,(H,22,26)(H2,23,24,28). The quantitative estimate of drug-likeness (QED) is 0.572. The van der Waals surface area contributed by atoms with Gasteiger partial charge < -0.3 is 24.9 Å². The van der Waals surface area contributed by atoms with Gasteiger partial charge in [0.2, 0.25) is 0 Å². The second-order valence-electron chi connectivity index (χ2n) is 6.86. The summed E-state index contributed by atoms with van der Waals surface area (Å²) in [5.41, 5.74) is 1.29. The Labute approximate surface area is 170 Å². The number of benzene rings is 2. The van der Waals surface area contributed by atoms with Gasteiger partial charge in [0.15, 0.2) is 0 Å². The van der Waals surface area contributed by atoms with Crippen molar-refractivity contribution in [3.05, 3.63) is 58.0 Å². The molecule has 0 unspecified atom stereocenters. The number of halogens is 1. The lowest BCUT2D eigenvalue weighted by atomic mass is 10.1. The number of anilines is 1. The van der Waals surface area contributed by atoms with Gasteiger partial charge >= 0.3 is 17.5 Å². The van der Waals surface area contributed by atoms with Crippen molar-refractivity contribution in [2.75, 3.05) is 18.4 Å². The molecule has 3 aromatic rings. The van der Waals surface area contributed by atoms with Gasteiger partial charge in [-0.1, -0.05) is 11.6 Å². The predicted octanol–water partition coefficient (Wildman–Crippen LogP) is 2.52. The number of nitrogens with one attached hydrogen (secondary N) is 3. The second-order valence-corrected chi connectivity index (χ2v) is 7.29. The van der Waals surface area contributed by atoms with Crippen molar-refractivity contribution in [1.29, 1.82) is 0 Å². The van der Waals surface area contributed by atoms with E-state index in [1.54, 1.807) is 30.3 Å². The van der Waals surface area contributed by atoms with Crippen LogP contribution < -0.4 is 15.7 Å². The van der Waals surface area contributed by atoms with Crippen LogP contribution in [-0.2, 0) is 9.59 Å². The van der Waals surface area contributed by atoms with Gasteiger partial charge in [-0.2, -0.15) is 0 Å². The van der Waals surface area contributed by atoms with Crippen LogP contribution in [0, 0.1) is 0 Å². The molecule has 0 bridgehead atoms. The Kier molecular flexibility index (Phi) is 5.26. The monoisotopic (exact) mass is 414 g/mol. The number of piperidine rings is 1. The van der Waals surface area contributed by atoms with Crippen molar-refractivity contribution in [3.63, 3.8) is 0 Å². The molecule has 2 heterocycles. The molecule has 1 aliphatic heterocycles. The molecular weight excluding hydrogens is 396 g/mol. The molecule has 0 spiro atoms. The topological polar surface area (TPSA) is 107 Å². The van der Waals surface area contributed by atoms with Gasteiger partial charge in [0.1, 0.15) is 11.9 Å². The average molecular weight is 415 g/mol. The van der Waals surface area contributed by atoms with Crippen molar-refractivity contribution < 1.29 is 14.3 Å². The van der Waals surface area contributed by atoms with Crippen LogP contribution in [-0.4, -0.2) is 45.9 Å². The first-order valence-corrected chi connectivity index (χ1v) is 9.60. The molecule has 9 heteroatoms. The van der Waals surface area contributed by atoms with Crippen molar-refractivity contribution >= 4 is 40.1 Å². The van der Waals surface area contributed by atoms with E-state index in [0.29, 0.717) is 47.7 Å². The number of carbonyl (C=O) groups excluding carboxylic acids is 2. The lowest BCUT2D eigenvalue weighted by molar-refractivity contribution is -0.144. The maximum Gasteiger partial charge on any atom is 0.323 e. The summed E-state index contributed by atoms with van der Waals surface area (Å²) in [6, 6.07) is 12.0. The molecular formula is C20H19ClN4O4. The summed E-state index contributed by atoms with van der Waals surface area (Å²) in [5, 5.41) is 3.23. The minimum atomic E-state index is -0.709. The van der Waals surface area contributed by atoms with E-state index in [-0.39, 0.29) is 11.8 Å². The highest BCUT2D eigenvalue weighted by Crippen LogP contribution is 2.21. The lowest BCUT2D eigenvalue weighted by Gasteiger charge is -2.31. The van der Waals surface area contributed by atoms with Crippen molar-refractivity contribution in [3.8, 4) is 5.75 Å². The number of imidazole rings is 1. The molecule has 1 aromatic heterocycles. The van der Waals surface area contributed by atoms with E-state index in [9.17, 15) is 14.4 Å². The average Bonchev–Trinajstić information content (AvgIpc) is 3.09. The van der Waals surface area contributed by atoms with Crippen LogP contribution in [0.2, 0.25) is 5.02 Å². The van der Waals surface area contributed by atoms with Crippen LogP contribution in [0.1, 0.15) is 12.8 Å². The smallest absolute Gasteiger partial charge is 0.323 e. The zero-order valence-corrected chi connectivity index (χ0v) is 16.2. The van der Waals surface area contributed by atoms with E-state index in [4.69, 9.17) is 16.3 Å². The summed E-state index contributed by atoms with van der Waals surface area (Å²) in [4.78, 5) is 42.9. The number of nitrogens with zero attached hydrogens (tertiary/aromatic N) is 1. The Bertz CT molecular complexity index is 1100. The third-order valence-corrected chi connectivity index (χ3v) is 5.07. The third kappa shape index (κ3) is 4.43. The predicted molar refractivity (Wildman–Crippen MR) is 109 cm³/mol. The molecule has 4 rings (SSSR count). The highest BCUT2D eigenvalue weighted by atomic mass is 35.5. The Morgan fingerprint density at radius 2 is 1.72 bits per heavy atom. The maximum atomic E-state index is 12.5. The zero-order chi connectivity index (χ0) is 20.4. The fourth-order valence-electron chi connectivity index (χ4n) is 3.32. The number of likely N-dealkylation sites (tertiary alicyclic amines) is 1. The SMILES string of the molecule is O=C(Nc1ccc2[nH]c(=O)[nH]c2c1)C(=O)N1CCC(Oc2ccc(Cl)cc2)CC1. The lowest BCUT2D eigenvalue weighted by Crippen LogP contribution is -2.46. The molecule has 2 aromatic carbocycles. The second kappa shape index (κ2) is 8.00. The van der Waals surface area contributed by atoms with Gasteiger partial charge in [0, 0.05) is 36.6 Å². The van der Waals surface area contributed by atoms with Crippen LogP contribution in [0.4, 0.5) is 5.69 Å². The van der Waals surface area contributed by atoms with Crippen molar-refractivity contribution in [2.24, 2.45) is 0 Å². The Morgan fingerprint density at radius 1 is 1.03 bits per heavy atom. The Morgan fingerprint density at radius 3 is 2.45 bits per heavy atom. The highest BCUT2D eigenvalue weighted by Gasteiger charge is 2.28. The minimum absolute atomic E-state index is 0.0175. The first-order valence-electron chi connectivity index (χ1n) is 9.22. The number of H-pyrrole nitrogens is 2. The first kappa shape index (κ1) is 19.1. The molecule has 0 saturated carbocycles.